The predicted octanol–water partition coefficient (Wildman–Crippen LogP) is 4.03. The molecular formula is C21H24N2. The van der Waals surface area contributed by atoms with E-state index in [4.69, 9.17) is 5.26 Å². The van der Waals surface area contributed by atoms with Crippen LogP contribution in [0.5, 0.6) is 0 Å². The highest BCUT2D eigenvalue weighted by Crippen LogP contribution is 2.22. The SMILES string of the molecule is CCC(Cc1ccc(C#N)cc1)NC1CCc2ccccc2C1. The molecule has 2 nitrogen and oxygen atoms in total. The third-order valence-corrected chi connectivity index (χ3v) is 4.88. The van der Waals surface area contributed by atoms with Crippen LogP contribution in [-0.2, 0) is 19.3 Å². The van der Waals surface area contributed by atoms with Crippen molar-refractivity contribution < 1.29 is 0 Å². The van der Waals surface area contributed by atoms with Crippen molar-refractivity contribution in [3.8, 4) is 6.07 Å². The van der Waals surface area contributed by atoms with Crippen LogP contribution in [0.2, 0.25) is 0 Å². The van der Waals surface area contributed by atoms with Crippen molar-refractivity contribution in [2.45, 2.75) is 51.1 Å². The van der Waals surface area contributed by atoms with Crippen LogP contribution >= 0.6 is 0 Å². The first kappa shape index (κ1) is 15.8. The number of hydrogen-bond acceptors (Lipinski definition) is 2. The van der Waals surface area contributed by atoms with Crippen LogP contribution in [0.4, 0.5) is 0 Å². The van der Waals surface area contributed by atoms with Crippen LogP contribution in [0.1, 0.15) is 42.0 Å². The largest absolute Gasteiger partial charge is 0.311 e. The van der Waals surface area contributed by atoms with Gasteiger partial charge in [0.25, 0.3) is 0 Å². The summed E-state index contributed by atoms with van der Waals surface area (Å²) >= 11 is 0. The smallest absolute Gasteiger partial charge is 0.0991 e. The van der Waals surface area contributed by atoms with E-state index in [1.807, 2.05) is 12.1 Å². The maximum Gasteiger partial charge on any atom is 0.0991 e. The molecule has 0 aromatic heterocycles. The third kappa shape index (κ3) is 4.00. The van der Waals surface area contributed by atoms with E-state index in [0.717, 1.165) is 24.8 Å². The maximum absolute atomic E-state index is 8.89. The monoisotopic (exact) mass is 304 g/mol. The van der Waals surface area contributed by atoms with E-state index in [0.29, 0.717) is 12.1 Å². The first-order valence-corrected chi connectivity index (χ1v) is 8.60. The Bertz CT molecular complexity index is 682. The zero-order valence-corrected chi connectivity index (χ0v) is 13.8. The quantitative estimate of drug-likeness (QED) is 0.905. The number of nitriles is 1. The van der Waals surface area contributed by atoms with Gasteiger partial charge in [0, 0.05) is 12.1 Å². The van der Waals surface area contributed by atoms with Crippen molar-refractivity contribution in [3.05, 3.63) is 70.8 Å². The third-order valence-electron chi connectivity index (χ3n) is 4.88. The normalized spacial score (nSPS) is 18.0. The second kappa shape index (κ2) is 7.44. The molecule has 0 heterocycles. The summed E-state index contributed by atoms with van der Waals surface area (Å²) in [4.78, 5) is 0. The van der Waals surface area contributed by atoms with Crippen LogP contribution in [0, 0.1) is 11.3 Å². The second-order valence-corrected chi connectivity index (χ2v) is 6.49. The molecule has 118 valence electrons. The molecule has 0 fully saturated rings. The molecule has 2 aromatic carbocycles. The van der Waals surface area contributed by atoms with E-state index in [-0.39, 0.29) is 0 Å². The first-order valence-electron chi connectivity index (χ1n) is 8.60. The Labute approximate surface area is 139 Å². The summed E-state index contributed by atoms with van der Waals surface area (Å²) in [5.41, 5.74) is 5.06. The molecule has 0 saturated heterocycles. The van der Waals surface area contributed by atoms with E-state index in [2.05, 4.69) is 54.7 Å². The lowest BCUT2D eigenvalue weighted by Gasteiger charge is -2.29. The summed E-state index contributed by atoms with van der Waals surface area (Å²) in [7, 11) is 0. The summed E-state index contributed by atoms with van der Waals surface area (Å²) in [5.74, 6) is 0. The minimum absolute atomic E-state index is 0.498. The van der Waals surface area contributed by atoms with Gasteiger partial charge in [-0.05, 0) is 60.9 Å². The lowest BCUT2D eigenvalue weighted by Crippen LogP contribution is -2.42. The molecular weight excluding hydrogens is 280 g/mol. The van der Waals surface area contributed by atoms with E-state index in [1.54, 1.807) is 0 Å². The van der Waals surface area contributed by atoms with Crippen LogP contribution in [0.3, 0.4) is 0 Å². The Hall–Kier alpha value is -2.11. The molecule has 0 bridgehead atoms. The fourth-order valence-electron chi connectivity index (χ4n) is 3.49. The van der Waals surface area contributed by atoms with Crippen molar-refractivity contribution in [3.63, 3.8) is 0 Å². The van der Waals surface area contributed by atoms with Crippen molar-refractivity contribution in [1.82, 2.24) is 5.32 Å². The molecule has 1 N–H and O–H groups in total. The molecule has 2 atom stereocenters. The maximum atomic E-state index is 8.89. The highest BCUT2D eigenvalue weighted by atomic mass is 14.9. The zero-order chi connectivity index (χ0) is 16.1. The summed E-state index contributed by atoms with van der Waals surface area (Å²) in [6.07, 6.45) is 5.70. The first-order chi connectivity index (χ1) is 11.3. The topological polar surface area (TPSA) is 35.8 Å². The van der Waals surface area contributed by atoms with Gasteiger partial charge in [0.15, 0.2) is 0 Å². The van der Waals surface area contributed by atoms with Gasteiger partial charge in [0.05, 0.1) is 11.6 Å². The molecule has 2 aromatic rings. The number of nitrogens with zero attached hydrogens (tertiary/aromatic N) is 1. The lowest BCUT2D eigenvalue weighted by molar-refractivity contribution is 0.383. The summed E-state index contributed by atoms with van der Waals surface area (Å²) in [6, 6.07) is 20.1. The number of hydrogen-bond donors (Lipinski definition) is 1. The van der Waals surface area contributed by atoms with Gasteiger partial charge in [-0.25, -0.2) is 0 Å². The molecule has 1 aliphatic rings. The van der Waals surface area contributed by atoms with E-state index < -0.39 is 0 Å². The molecule has 0 spiro atoms. The van der Waals surface area contributed by atoms with Gasteiger partial charge in [-0.15, -0.1) is 0 Å². The molecule has 0 amide bonds. The lowest BCUT2D eigenvalue weighted by atomic mass is 9.87. The molecule has 2 unspecified atom stereocenters. The second-order valence-electron chi connectivity index (χ2n) is 6.49. The average Bonchev–Trinajstić information content (AvgIpc) is 2.61. The minimum atomic E-state index is 0.498. The van der Waals surface area contributed by atoms with Crippen LogP contribution in [0.25, 0.3) is 0 Å². The van der Waals surface area contributed by atoms with Crippen molar-refractivity contribution in [2.75, 3.05) is 0 Å². The Kier molecular flexibility index (Phi) is 5.10. The highest BCUT2D eigenvalue weighted by molar-refractivity contribution is 5.32. The number of benzene rings is 2. The van der Waals surface area contributed by atoms with E-state index in [9.17, 15) is 0 Å². The Morgan fingerprint density at radius 3 is 2.57 bits per heavy atom. The van der Waals surface area contributed by atoms with Crippen molar-refractivity contribution in [1.29, 1.82) is 5.26 Å². The molecule has 1 aliphatic carbocycles. The van der Waals surface area contributed by atoms with Gasteiger partial charge in [-0.1, -0.05) is 43.3 Å². The number of aryl methyl sites for hydroxylation is 1. The molecule has 0 aliphatic heterocycles. The van der Waals surface area contributed by atoms with E-state index in [1.165, 1.54) is 29.5 Å². The van der Waals surface area contributed by atoms with Gasteiger partial charge in [0.1, 0.15) is 0 Å². The highest BCUT2D eigenvalue weighted by Gasteiger charge is 2.20. The molecule has 2 heteroatoms. The Balaban J connectivity index is 1.60. The molecule has 23 heavy (non-hydrogen) atoms. The van der Waals surface area contributed by atoms with Crippen molar-refractivity contribution >= 4 is 0 Å². The van der Waals surface area contributed by atoms with Gasteiger partial charge >= 0.3 is 0 Å². The Morgan fingerprint density at radius 1 is 1.13 bits per heavy atom. The summed E-state index contributed by atoms with van der Waals surface area (Å²) in [5, 5.41) is 12.7. The van der Waals surface area contributed by atoms with Crippen LogP contribution in [-0.4, -0.2) is 12.1 Å². The minimum Gasteiger partial charge on any atom is -0.311 e. The molecule has 0 radical (unpaired) electrons. The Morgan fingerprint density at radius 2 is 1.87 bits per heavy atom. The molecule has 0 saturated carbocycles. The predicted molar refractivity (Wildman–Crippen MR) is 94.3 cm³/mol. The van der Waals surface area contributed by atoms with Crippen LogP contribution in [0.15, 0.2) is 48.5 Å². The standard InChI is InChI=1S/C21H24N2/c1-2-20(13-16-7-9-17(15-22)10-8-16)23-21-12-11-18-5-3-4-6-19(18)14-21/h3-10,20-21,23H,2,11-14H2,1H3. The number of nitrogens with one attached hydrogen (secondary N) is 1. The summed E-state index contributed by atoms with van der Waals surface area (Å²) in [6.45, 7) is 2.25. The van der Waals surface area contributed by atoms with Gasteiger partial charge in [0.2, 0.25) is 0 Å². The fourth-order valence-corrected chi connectivity index (χ4v) is 3.49. The number of fused-ring (bicyclic) bond motifs is 1. The average molecular weight is 304 g/mol. The van der Waals surface area contributed by atoms with Crippen molar-refractivity contribution in [2.24, 2.45) is 0 Å². The summed E-state index contributed by atoms with van der Waals surface area (Å²) < 4.78 is 0. The van der Waals surface area contributed by atoms with E-state index >= 15 is 0 Å². The zero-order valence-electron chi connectivity index (χ0n) is 13.8. The van der Waals surface area contributed by atoms with Crippen LogP contribution < -0.4 is 5.32 Å². The fraction of sp³-hybridized carbons (Fsp3) is 0.381. The molecule has 3 rings (SSSR count). The van der Waals surface area contributed by atoms with Gasteiger partial charge in [-0.2, -0.15) is 5.26 Å². The van der Waals surface area contributed by atoms with Gasteiger partial charge < -0.3 is 5.32 Å². The van der Waals surface area contributed by atoms with Gasteiger partial charge in [-0.3, -0.25) is 0 Å². The number of rotatable bonds is 5.